The number of hydrogen-bond acceptors (Lipinski definition) is 3. The number of hydrogen-bond donors (Lipinski definition) is 1. The van der Waals surface area contributed by atoms with Gasteiger partial charge in [-0.1, -0.05) is 17.7 Å². The average molecular weight is 305 g/mol. The molecule has 0 unspecified atom stereocenters. The largest absolute Gasteiger partial charge is 0.495 e. The van der Waals surface area contributed by atoms with Crippen LogP contribution in [0.2, 0.25) is 5.02 Å². The second kappa shape index (κ2) is 7.20. The van der Waals surface area contributed by atoms with Crippen molar-refractivity contribution in [2.75, 3.05) is 33.3 Å². The van der Waals surface area contributed by atoms with E-state index in [0.29, 0.717) is 10.8 Å². The van der Waals surface area contributed by atoms with Crippen molar-refractivity contribution in [1.29, 1.82) is 0 Å². The van der Waals surface area contributed by atoms with Crippen LogP contribution < -0.4 is 10.1 Å². The van der Waals surface area contributed by atoms with Gasteiger partial charge in [-0.15, -0.1) is 0 Å². The van der Waals surface area contributed by atoms with Gasteiger partial charge in [-0.25, -0.2) is 8.78 Å². The summed E-state index contributed by atoms with van der Waals surface area (Å²) >= 11 is 6.00. The van der Waals surface area contributed by atoms with Crippen LogP contribution in [0.15, 0.2) is 18.2 Å². The highest BCUT2D eigenvalue weighted by Crippen LogP contribution is 2.33. The lowest BCUT2D eigenvalue weighted by molar-refractivity contribution is 0.0738. The van der Waals surface area contributed by atoms with Gasteiger partial charge in [-0.05, 0) is 17.7 Å². The van der Waals surface area contributed by atoms with Crippen LogP contribution in [-0.4, -0.2) is 44.6 Å². The van der Waals surface area contributed by atoms with Crippen molar-refractivity contribution < 1.29 is 13.5 Å². The zero-order chi connectivity index (χ0) is 14.5. The first-order chi connectivity index (χ1) is 9.61. The summed E-state index contributed by atoms with van der Waals surface area (Å²) in [5, 5.41) is 3.72. The highest BCUT2D eigenvalue weighted by atomic mass is 35.5. The molecule has 0 radical (unpaired) electrons. The molecule has 6 heteroatoms. The molecule has 1 N–H and O–H groups in total. The van der Waals surface area contributed by atoms with E-state index >= 15 is 0 Å². The minimum absolute atomic E-state index is 0.176. The van der Waals surface area contributed by atoms with Crippen LogP contribution >= 0.6 is 11.6 Å². The number of nitrogens with zero attached hydrogens (tertiary/aromatic N) is 1. The predicted octanol–water partition coefficient (Wildman–Crippen LogP) is 2.95. The Kier molecular flexibility index (Phi) is 5.57. The normalized spacial score (nSPS) is 18.2. The van der Waals surface area contributed by atoms with E-state index in [9.17, 15) is 8.78 Å². The lowest BCUT2D eigenvalue weighted by Gasteiger charge is -2.35. The van der Waals surface area contributed by atoms with Gasteiger partial charge in [0.1, 0.15) is 5.75 Å². The molecule has 0 bridgehead atoms. The number of nitrogens with one attached hydrogen (secondary N) is 1. The van der Waals surface area contributed by atoms with Crippen molar-refractivity contribution in [1.82, 2.24) is 10.2 Å². The van der Waals surface area contributed by atoms with Gasteiger partial charge in [-0.2, -0.15) is 0 Å². The molecule has 2 rings (SSSR count). The third-order valence-corrected chi connectivity index (χ3v) is 3.87. The highest BCUT2D eigenvalue weighted by Gasteiger charge is 2.26. The fourth-order valence-corrected chi connectivity index (χ4v) is 2.74. The summed E-state index contributed by atoms with van der Waals surface area (Å²) in [6.07, 6.45) is -2.51. The Labute approximate surface area is 122 Å². The van der Waals surface area contributed by atoms with E-state index in [0.717, 1.165) is 31.7 Å². The Morgan fingerprint density at radius 2 is 2.05 bits per heavy atom. The van der Waals surface area contributed by atoms with E-state index in [4.69, 9.17) is 16.3 Å². The van der Waals surface area contributed by atoms with E-state index in [2.05, 4.69) is 10.2 Å². The molecule has 0 amide bonds. The maximum atomic E-state index is 12.9. The van der Waals surface area contributed by atoms with Gasteiger partial charge in [0.25, 0.3) is 0 Å². The van der Waals surface area contributed by atoms with Crippen molar-refractivity contribution in [3.05, 3.63) is 28.8 Å². The SMILES string of the molecule is COc1cc([C@H](CC(F)F)N2CCNCC2)ccc1Cl. The molecule has 0 aliphatic carbocycles. The van der Waals surface area contributed by atoms with Crippen molar-refractivity contribution >= 4 is 11.6 Å². The third kappa shape index (κ3) is 3.81. The summed E-state index contributed by atoms with van der Waals surface area (Å²) in [5.74, 6) is 0.526. The fraction of sp³-hybridized carbons (Fsp3) is 0.571. The monoisotopic (exact) mass is 304 g/mol. The van der Waals surface area contributed by atoms with Gasteiger partial charge in [-0.3, -0.25) is 4.90 Å². The Morgan fingerprint density at radius 1 is 1.35 bits per heavy atom. The van der Waals surface area contributed by atoms with Gasteiger partial charge >= 0.3 is 0 Å². The Hall–Kier alpha value is -0.910. The van der Waals surface area contributed by atoms with Gasteiger partial charge in [0.15, 0.2) is 0 Å². The molecule has 1 aromatic rings. The van der Waals surface area contributed by atoms with Gasteiger partial charge in [0.05, 0.1) is 12.1 Å². The number of piperazine rings is 1. The maximum absolute atomic E-state index is 12.9. The fourth-order valence-electron chi connectivity index (χ4n) is 2.54. The number of rotatable bonds is 5. The van der Waals surface area contributed by atoms with Crippen LogP contribution in [0, 0.1) is 0 Å². The summed E-state index contributed by atoms with van der Waals surface area (Å²) in [5.41, 5.74) is 0.827. The van der Waals surface area contributed by atoms with Crippen LogP contribution in [0.25, 0.3) is 0 Å². The number of methoxy groups -OCH3 is 1. The smallest absolute Gasteiger partial charge is 0.240 e. The van der Waals surface area contributed by atoms with E-state index in [1.165, 1.54) is 7.11 Å². The first kappa shape index (κ1) is 15.5. The quantitative estimate of drug-likeness (QED) is 0.905. The van der Waals surface area contributed by atoms with Crippen LogP contribution in [0.3, 0.4) is 0 Å². The Bertz CT molecular complexity index is 439. The van der Waals surface area contributed by atoms with Crippen LogP contribution in [0.4, 0.5) is 8.78 Å². The van der Waals surface area contributed by atoms with Crippen molar-refractivity contribution in [2.24, 2.45) is 0 Å². The number of halogens is 3. The number of alkyl halides is 2. The topological polar surface area (TPSA) is 24.5 Å². The summed E-state index contributed by atoms with van der Waals surface area (Å²) < 4.78 is 31.0. The standard InChI is InChI=1S/C14H19ClF2N2O/c1-20-13-8-10(2-3-11(13)15)12(9-14(16)17)19-6-4-18-5-7-19/h2-3,8,12,14,18H,4-7,9H2,1H3/t12-/m0/s1. The molecule has 1 aromatic carbocycles. The van der Waals surface area contributed by atoms with E-state index < -0.39 is 6.43 Å². The van der Waals surface area contributed by atoms with Crippen LogP contribution in [-0.2, 0) is 0 Å². The first-order valence-electron chi connectivity index (χ1n) is 6.68. The zero-order valence-electron chi connectivity index (χ0n) is 11.4. The minimum Gasteiger partial charge on any atom is -0.495 e. The lowest BCUT2D eigenvalue weighted by atomic mass is 10.0. The van der Waals surface area contributed by atoms with Crippen molar-refractivity contribution in [3.8, 4) is 5.75 Å². The molecule has 1 fully saturated rings. The predicted molar refractivity (Wildman–Crippen MR) is 75.8 cm³/mol. The summed E-state index contributed by atoms with van der Waals surface area (Å²) in [7, 11) is 1.53. The van der Waals surface area contributed by atoms with E-state index in [-0.39, 0.29) is 12.5 Å². The summed E-state index contributed by atoms with van der Waals surface area (Å²) in [4.78, 5) is 2.09. The Balaban J connectivity index is 2.24. The molecule has 0 aromatic heterocycles. The molecule has 1 aliphatic heterocycles. The summed E-state index contributed by atoms with van der Waals surface area (Å²) in [6.45, 7) is 3.18. The van der Waals surface area contributed by atoms with Gasteiger partial charge in [0, 0.05) is 38.6 Å². The lowest BCUT2D eigenvalue weighted by Crippen LogP contribution is -2.45. The third-order valence-electron chi connectivity index (χ3n) is 3.55. The maximum Gasteiger partial charge on any atom is 0.240 e. The second-order valence-electron chi connectivity index (χ2n) is 4.82. The van der Waals surface area contributed by atoms with Crippen molar-refractivity contribution in [2.45, 2.75) is 18.9 Å². The molecule has 1 heterocycles. The molecule has 3 nitrogen and oxygen atoms in total. The van der Waals surface area contributed by atoms with Crippen molar-refractivity contribution in [3.63, 3.8) is 0 Å². The molecule has 1 aliphatic rings. The Morgan fingerprint density at radius 3 is 2.65 bits per heavy atom. The minimum atomic E-state index is -2.34. The second-order valence-corrected chi connectivity index (χ2v) is 5.23. The van der Waals surface area contributed by atoms with Gasteiger partial charge < -0.3 is 10.1 Å². The molecule has 0 saturated carbocycles. The summed E-state index contributed by atoms with van der Waals surface area (Å²) in [6, 6.07) is 4.97. The molecular formula is C14H19ClF2N2O. The average Bonchev–Trinajstić information content (AvgIpc) is 2.46. The molecule has 1 saturated heterocycles. The molecule has 20 heavy (non-hydrogen) atoms. The molecular weight excluding hydrogens is 286 g/mol. The first-order valence-corrected chi connectivity index (χ1v) is 7.06. The molecule has 112 valence electrons. The number of benzene rings is 1. The van der Waals surface area contributed by atoms with E-state index in [1.807, 2.05) is 0 Å². The zero-order valence-corrected chi connectivity index (χ0v) is 12.2. The van der Waals surface area contributed by atoms with Gasteiger partial charge in [0.2, 0.25) is 6.43 Å². The molecule has 1 atom stereocenters. The van der Waals surface area contributed by atoms with Crippen LogP contribution in [0.5, 0.6) is 5.75 Å². The van der Waals surface area contributed by atoms with Crippen LogP contribution in [0.1, 0.15) is 18.0 Å². The van der Waals surface area contributed by atoms with E-state index in [1.54, 1.807) is 18.2 Å². The number of ether oxygens (including phenoxy) is 1. The molecule has 0 spiro atoms. The highest BCUT2D eigenvalue weighted by molar-refractivity contribution is 6.32.